The molecule has 2 N–H and O–H groups in total. The van der Waals surface area contributed by atoms with Crippen molar-refractivity contribution in [2.75, 3.05) is 13.1 Å². The molecule has 1 saturated heterocycles. The van der Waals surface area contributed by atoms with Gasteiger partial charge in [-0.25, -0.2) is 0 Å². The first-order valence-electron chi connectivity index (χ1n) is 7.43. The number of halogens is 1. The molecule has 1 aliphatic carbocycles. The molecule has 0 aromatic heterocycles. The molecule has 104 valence electrons. The summed E-state index contributed by atoms with van der Waals surface area (Å²) in [5, 5.41) is 14.0. The quantitative estimate of drug-likeness (QED) is 0.823. The second-order valence-corrected chi connectivity index (χ2v) is 6.68. The highest BCUT2D eigenvalue weighted by molar-refractivity contribution is 9.10. The highest BCUT2D eigenvalue weighted by atomic mass is 79.9. The first kappa shape index (κ1) is 13.4. The zero-order valence-electron chi connectivity index (χ0n) is 11.6. The first-order chi connectivity index (χ1) is 9.20. The van der Waals surface area contributed by atoms with Crippen molar-refractivity contribution >= 4 is 15.9 Å². The summed E-state index contributed by atoms with van der Waals surface area (Å²) in [4.78, 5) is 0. The summed E-state index contributed by atoms with van der Waals surface area (Å²) in [6.07, 6.45) is 7.10. The molecule has 1 aromatic rings. The summed E-state index contributed by atoms with van der Waals surface area (Å²) >= 11 is 3.65. The average Bonchev–Trinajstić information content (AvgIpc) is 2.46. The van der Waals surface area contributed by atoms with Gasteiger partial charge in [0.2, 0.25) is 0 Å². The Morgan fingerprint density at radius 3 is 2.42 bits per heavy atom. The van der Waals surface area contributed by atoms with Gasteiger partial charge < -0.3 is 10.4 Å². The molecule has 3 rings (SSSR count). The van der Waals surface area contributed by atoms with E-state index in [1.54, 1.807) is 0 Å². The fourth-order valence-electron chi connectivity index (χ4n) is 3.77. The monoisotopic (exact) mass is 323 g/mol. The maximum atomic E-state index is 10.6. The molecule has 3 heteroatoms. The highest BCUT2D eigenvalue weighted by Gasteiger charge is 2.27. The lowest BCUT2D eigenvalue weighted by Crippen LogP contribution is -2.27. The van der Waals surface area contributed by atoms with Crippen LogP contribution in [0.3, 0.4) is 0 Å². The third-order valence-electron chi connectivity index (χ3n) is 4.80. The SMILES string of the molecule is Cc1c2c(c(Br)c(O)c1C1CCNCC1)CCCC2. The number of hydrogen-bond acceptors (Lipinski definition) is 2. The number of phenols is 1. The Hall–Kier alpha value is -0.540. The minimum atomic E-state index is 0.518. The standard InChI is InChI=1S/C16H22BrNO/c1-10-12-4-2-3-5-13(12)15(17)16(19)14(10)11-6-8-18-9-7-11/h11,18-19H,2-9H2,1H3. The molecule has 0 unspecified atom stereocenters. The number of rotatable bonds is 1. The Balaban J connectivity index is 2.10. The maximum Gasteiger partial charge on any atom is 0.133 e. The van der Waals surface area contributed by atoms with Gasteiger partial charge in [0.1, 0.15) is 5.75 Å². The van der Waals surface area contributed by atoms with Gasteiger partial charge in [0.25, 0.3) is 0 Å². The Morgan fingerprint density at radius 2 is 1.74 bits per heavy atom. The topological polar surface area (TPSA) is 32.3 Å². The van der Waals surface area contributed by atoms with Gasteiger partial charge in [-0.15, -0.1) is 0 Å². The molecular formula is C16H22BrNO. The van der Waals surface area contributed by atoms with Crippen LogP contribution in [0.15, 0.2) is 4.47 Å². The number of aromatic hydroxyl groups is 1. The lowest BCUT2D eigenvalue weighted by molar-refractivity contribution is 0.419. The number of nitrogens with one attached hydrogen (secondary N) is 1. The minimum Gasteiger partial charge on any atom is -0.506 e. The number of hydrogen-bond donors (Lipinski definition) is 2. The van der Waals surface area contributed by atoms with Crippen LogP contribution in [0.2, 0.25) is 0 Å². The van der Waals surface area contributed by atoms with Gasteiger partial charge in [0.15, 0.2) is 0 Å². The van der Waals surface area contributed by atoms with E-state index in [-0.39, 0.29) is 0 Å². The first-order valence-corrected chi connectivity index (χ1v) is 8.22. The summed E-state index contributed by atoms with van der Waals surface area (Å²) < 4.78 is 0.973. The Kier molecular flexibility index (Phi) is 3.86. The van der Waals surface area contributed by atoms with Crippen molar-refractivity contribution in [1.29, 1.82) is 0 Å². The summed E-state index contributed by atoms with van der Waals surface area (Å²) in [6, 6.07) is 0. The summed E-state index contributed by atoms with van der Waals surface area (Å²) in [5.74, 6) is 1.04. The number of fused-ring (bicyclic) bond motifs is 1. The van der Waals surface area contributed by atoms with E-state index >= 15 is 0 Å². The van der Waals surface area contributed by atoms with Crippen LogP contribution in [0.5, 0.6) is 5.75 Å². The normalized spacial score (nSPS) is 20.3. The summed E-state index contributed by atoms with van der Waals surface area (Å²) in [5.41, 5.74) is 5.44. The van der Waals surface area contributed by atoms with Crippen molar-refractivity contribution in [1.82, 2.24) is 5.32 Å². The molecule has 0 amide bonds. The molecule has 2 nitrogen and oxygen atoms in total. The van der Waals surface area contributed by atoms with Gasteiger partial charge in [0, 0.05) is 5.56 Å². The van der Waals surface area contributed by atoms with Crippen molar-refractivity contribution in [2.45, 2.75) is 51.4 Å². The lowest BCUT2D eigenvalue weighted by atomic mass is 9.80. The molecule has 0 atom stereocenters. The minimum absolute atomic E-state index is 0.518. The van der Waals surface area contributed by atoms with Gasteiger partial charge in [-0.2, -0.15) is 0 Å². The van der Waals surface area contributed by atoms with E-state index < -0.39 is 0 Å². The average molecular weight is 324 g/mol. The third-order valence-corrected chi connectivity index (χ3v) is 5.65. The predicted octanol–water partition coefficient (Wildman–Crippen LogP) is 3.81. The van der Waals surface area contributed by atoms with Gasteiger partial charge in [-0.3, -0.25) is 0 Å². The van der Waals surface area contributed by atoms with Crippen molar-refractivity contribution in [2.24, 2.45) is 0 Å². The molecule has 1 fully saturated rings. The molecule has 1 heterocycles. The van der Waals surface area contributed by atoms with Crippen LogP contribution in [0.25, 0.3) is 0 Å². The second kappa shape index (κ2) is 5.45. The molecule has 2 aliphatic rings. The van der Waals surface area contributed by atoms with E-state index in [1.165, 1.54) is 41.5 Å². The van der Waals surface area contributed by atoms with Gasteiger partial charge in [-0.05, 0) is 97.1 Å². The number of piperidine rings is 1. The Bertz CT molecular complexity index is 492. The molecule has 0 bridgehead atoms. The van der Waals surface area contributed by atoms with Crippen LogP contribution >= 0.6 is 15.9 Å². The van der Waals surface area contributed by atoms with Crippen molar-refractivity contribution in [3.63, 3.8) is 0 Å². The van der Waals surface area contributed by atoms with Crippen LogP contribution in [0.4, 0.5) is 0 Å². The van der Waals surface area contributed by atoms with E-state index in [1.807, 2.05) is 0 Å². The predicted molar refractivity (Wildman–Crippen MR) is 82.0 cm³/mol. The number of phenolic OH excluding ortho intramolecular Hbond substituents is 1. The second-order valence-electron chi connectivity index (χ2n) is 5.89. The molecule has 1 aliphatic heterocycles. The van der Waals surface area contributed by atoms with Crippen LogP contribution in [0.1, 0.15) is 53.9 Å². The highest BCUT2D eigenvalue weighted by Crippen LogP contribution is 2.45. The molecule has 0 saturated carbocycles. The Labute approximate surface area is 123 Å². The van der Waals surface area contributed by atoms with Crippen molar-refractivity contribution in [3.05, 3.63) is 26.7 Å². The summed E-state index contributed by atoms with van der Waals surface area (Å²) in [7, 11) is 0. The molecule has 0 radical (unpaired) electrons. The van der Waals surface area contributed by atoms with Crippen molar-refractivity contribution < 1.29 is 5.11 Å². The smallest absolute Gasteiger partial charge is 0.133 e. The molecule has 0 spiro atoms. The van der Waals surface area contributed by atoms with Crippen LogP contribution in [0, 0.1) is 6.92 Å². The van der Waals surface area contributed by atoms with E-state index in [9.17, 15) is 5.11 Å². The maximum absolute atomic E-state index is 10.6. The summed E-state index contributed by atoms with van der Waals surface area (Å²) in [6.45, 7) is 4.35. The van der Waals surface area contributed by atoms with Crippen molar-refractivity contribution in [3.8, 4) is 5.75 Å². The van der Waals surface area contributed by atoms with E-state index in [0.29, 0.717) is 11.7 Å². The Morgan fingerprint density at radius 1 is 1.11 bits per heavy atom. The van der Waals surface area contributed by atoms with E-state index in [2.05, 4.69) is 28.2 Å². The third kappa shape index (κ3) is 2.31. The van der Waals surface area contributed by atoms with Gasteiger partial charge in [0.05, 0.1) is 4.47 Å². The molecule has 19 heavy (non-hydrogen) atoms. The van der Waals surface area contributed by atoms with Gasteiger partial charge in [-0.1, -0.05) is 0 Å². The largest absolute Gasteiger partial charge is 0.506 e. The van der Waals surface area contributed by atoms with Crippen LogP contribution in [-0.4, -0.2) is 18.2 Å². The lowest BCUT2D eigenvalue weighted by Gasteiger charge is -2.29. The van der Waals surface area contributed by atoms with E-state index in [4.69, 9.17) is 0 Å². The van der Waals surface area contributed by atoms with Gasteiger partial charge >= 0.3 is 0 Å². The fourth-order valence-corrected chi connectivity index (χ4v) is 4.42. The number of benzene rings is 1. The fraction of sp³-hybridized carbons (Fsp3) is 0.625. The van der Waals surface area contributed by atoms with E-state index in [0.717, 1.165) is 36.8 Å². The van der Waals surface area contributed by atoms with Crippen LogP contribution < -0.4 is 5.32 Å². The molecule has 1 aromatic carbocycles. The zero-order chi connectivity index (χ0) is 13.4. The van der Waals surface area contributed by atoms with Crippen LogP contribution in [-0.2, 0) is 12.8 Å². The zero-order valence-corrected chi connectivity index (χ0v) is 13.1. The molecular weight excluding hydrogens is 302 g/mol.